The van der Waals surface area contributed by atoms with E-state index in [1.807, 2.05) is 0 Å². The predicted octanol–water partition coefficient (Wildman–Crippen LogP) is -2.76. The minimum Gasteiger partial charge on any atom is -0.549 e. The van der Waals surface area contributed by atoms with Gasteiger partial charge >= 0.3 is 51.4 Å². The monoisotopic (exact) mass is 399 g/mol. The molecule has 1 aromatic heterocycles. The summed E-state index contributed by atoms with van der Waals surface area (Å²) in [6.45, 7) is 1.27. The van der Waals surface area contributed by atoms with Crippen molar-refractivity contribution >= 4 is 11.7 Å². The van der Waals surface area contributed by atoms with Crippen LogP contribution in [0.5, 0.6) is 0 Å². The summed E-state index contributed by atoms with van der Waals surface area (Å²) < 4.78 is 0. The fraction of sp³-hybridized carbons (Fsp3) is 0.333. The summed E-state index contributed by atoms with van der Waals surface area (Å²) in [7, 11) is 1.22. The molecule has 2 aromatic rings. The molecule has 0 bridgehead atoms. The van der Waals surface area contributed by atoms with E-state index in [9.17, 15) is 25.3 Å². The van der Waals surface area contributed by atoms with Gasteiger partial charge in [0.05, 0.1) is 42.5 Å². The molecular weight excluding hydrogens is 385 g/mol. The predicted molar refractivity (Wildman–Crippen MR) is 83.0 cm³/mol. The van der Waals surface area contributed by atoms with Crippen molar-refractivity contribution < 1.29 is 76.0 Å². The second-order valence-electron chi connectivity index (χ2n) is 5.29. The Labute approximate surface area is 196 Å². The molecule has 0 saturated carbocycles. The number of H-pyrrole nitrogens is 1. The molecule has 0 aliphatic rings. The third-order valence-electron chi connectivity index (χ3n) is 3.65. The maximum Gasteiger partial charge on any atom is 1.00 e. The Bertz CT molecular complexity index is 865. The van der Waals surface area contributed by atoms with E-state index in [2.05, 4.69) is 25.0 Å². The number of carbonyl (C=O) groups is 1. The van der Waals surface area contributed by atoms with Crippen LogP contribution in [0.2, 0.25) is 0 Å². The van der Waals surface area contributed by atoms with E-state index in [0.717, 1.165) is 0 Å². The molecule has 12 heteroatoms. The molecule has 0 radical (unpaired) electrons. The zero-order valence-corrected chi connectivity index (χ0v) is 18.0. The number of nitriles is 1. The number of carboxylic acids is 1. The number of aryl methyl sites for hydroxylation is 1. The van der Waals surface area contributed by atoms with Crippen molar-refractivity contribution in [3.05, 3.63) is 39.7 Å². The number of aromatic nitrogens is 3. The van der Waals surface area contributed by atoms with Gasteiger partial charge in [0.25, 0.3) is 5.69 Å². The van der Waals surface area contributed by atoms with Crippen molar-refractivity contribution in [2.75, 3.05) is 13.7 Å². The standard InChI is InChI=1S/C15H15N5O6.K/c1-8-3-4-9(5-11(8)20(23)24)13-17-14(19-18-13)12(15(21)22)10(6-16)7-26-25-2;/h3-5,10,12H,7H2,1-2H3,(H,21,22)(H,17,18,19);/q;+1/p-1. The number of nitro groups is 1. The Hall–Kier alpha value is -1.72. The van der Waals surface area contributed by atoms with Crippen LogP contribution >= 0.6 is 0 Å². The molecule has 27 heavy (non-hydrogen) atoms. The zero-order valence-electron chi connectivity index (χ0n) is 14.8. The fourth-order valence-electron chi connectivity index (χ4n) is 2.30. The van der Waals surface area contributed by atoms with Gasteiger partial charge in [-0.05, 0) is 6.92 Å². The summed E-state index contributed by atoms with van der Waals surface area (Å²) in [4.78, 5) is 35.0. The minimum absolute atomic E-state index is 0. The number of hydrogen-bond donors (Lipinski definition) is 1. The number of carbonyl (C=O) groups excluding carboxylic acids is 1. The molecule has 136 valence electrons. The van der Waals surface area contributed by atoms with Crippen molar-refractivity contribution in [3.8, 4) is 17.5 Å². The van der Waals surface area contributed by atoms with Gasteiger partial charge in [-0.3, -0.25) is 15.2 Å². The van der Waals surface area contributed by atoms with Gasteiger partial charge in [0, 0.05) is 17.2 Å². The van der Waals surface area contributed by atoms with Crippen LogP contribution < -0.4 is 56.5 Å². The van der Waals surface area contributed by atoms with Crippen molar-refractivity contribution in [1.29, 1.82) is 5.26 Å². The van der Waals surface area contributed by atoms with E-state index >= 15 is 0 Å². The van der Waals surface area contributed by atoms with Crippen LogP contribution in [0.3, 0.4) is 0 Å². The maximum atomic E-state index is 11.5. The number of benzene rings is 1. The number of rotatable bonds is 8. The van der Waals surface area contributed by atoms with Gasteiger partial charge in [-0.15, -0.1) is 0 Å². The molecule has 2 atom stereocenters. The molecule has 0 spiro atoms. The summed E-state index contributed by atoms with van der Waals surface area (Å²) in [6, 6.07) is 6.18. The number of carboxylic acid groups (broad SMARTS) is 1. The fourth-order valence-corrected chi connectivity index (χ4v) is 2.30. The van der Waals surface area contributed by atoms with Crippen LogP contribution in [0.4, 0.5) is 5.69 Å². The number of aliphatic carboxylic acids is 1. The maximum absolute atomic E-state index is 11.5. The average Bonchev–Trinajstić information content (AvgIpc) is 3.07. The number of aromatic amines is 1. The molecule has 0 fully saturated rings. The van der Waals surface area contributed by atoms with Crippen molar-refractivity contribution in [2.45, 2.75) is 12.8 Å². The molecule has 2 rings (SSSR count). The first-order valence-corrected chi connectivity index (χ1v) is 7.32. The van der Waals surface area contributed by atoms with Gasteiger partial charge in [0.2, 0.25) is 0 Å². The van der Waals surface area contributed by atoms with Crippen LogP contribution in [-0.2, 0) is 14.6 Å². The molecule has 0 aliphatic carbocycles. The SMILES string of the molecule is COOCC(C#N)C(C(=O)[O-])c1nc(-c2ccc(C)c([N+](=O)[O-])c2)n[nH]1.[K+]. The summed E-state index contributed by atoms with van der Waals surface area (Å²) in [5, 5.41) is 38.0. The number of nitro benzene ring substituents is 1. The van der Waals surface area contributed by atoms with Gasteiger partial charge in [-0.25, -0.2) is 14.8 Å². The Morgan fingerprint density at radius 1 is 1.48 bits per heavy atom. The molecule has 11 nitrogen and oxygen atoms in total. The van der Waals surface area contributed by atoms with Crippen LogP contribution in [0, 0.1) is 34.3 Å². The van der Waals surface area contributed by atoms with Crippen LogP contribution in [0.25, 0.3) is 11.4 Å². The van der Waals surface area contributed by atoms with Crippen LogP contribution in [0.15, 0.2) is 18.2 Å². The van der Waals surface area contributed by atoms with E-state index in [0.29, 0.717) is 11.1 Å². The normalized spacial score (nSPS) is 12.5. The van der Waals surface area contributed by atoms with Crippen molar-refractivity contribution in [3.63, 3.8) is 0 Å². The van der Waals surface area contributed by atoms with Gasteiger partial charge in [-0.1, -0.05) is 12.1 Å². The Morgan fingerprint density at radius 2 is 2.19 bits per heavy atom. The summed E-state index contributed by atoms with van der Waals surface area (Å²) in [5.41, 5.74) is 0.667. The van der Waals surface area contributed by atoms with E-state index < -0.39 is 22.7 Å². The van der Waals surface area contributed by atoms with Crippen molar-refractivity contribution in [1.82, 2.24) is 15.2 Å². The Morgan fingerprint density at radius 3 is 2.74 bits per heavy atom. The summed E-state index contributed by atoms with van der Waals surface area (Å²) in [5.74, 6) is -4.22. The zero-order chi connectivity index (χ0) is 19.3. The van der Waals surface area contributed by atoms with E-state index in [1.54, 1.807) is 19.1 Å². The van der Waals surface area contributed by atoms with Gasteiger partial charge in [0.15, 0.2) is 5.82 Å². The minimum atomic E-state index is -1.55. The Kier molecular flexibility index (Phi) is 9.13. The molecule has 2 unspecified atom stereocenters. The molecule has 0 aliphatic heterocycles. The average molecular weight is 399 g/mol. The first-order valence-electron chi connectivity index (χ1n) is 7.32. The Balaban J connectivity index is 0.00000364. The second kappa shape index (κ2) is 10.6. The molecule has 1 aromatic carbocycles. The number of nitrogens with zero attached hydrogens (tertiary/aromatic N) is 4. The van der Waals surface area contributed by atoms with Crippen molar-refractivity contribution in [2.24, 2.45) is 5.92 Å². The topological polar surface area (TPSA) is 167 Å². The van der Waals surface area contributed by atoms with E-state index in [1.165, 1.54) is 19.2 Å². The first-order chi connectivity index (χ1) is 12.4. The number of hydrogen-bond acceptors (Lipinski definition) is 9. The largest absolute Gasteiger partial charge is 1.00 e. The molecular formula is C15H14KN5O6. The third kappa shape index (κ3) is 5.63. The van der Waals surface area contributed by atoms with E-state index in [-0.39, 0.29) is 75.3 Å². The van der Waals surface area contributed by atoms with Crippen LogP contribution in [-0.4, -0.2) is 39.8 Å². The van der Waals surface area contributed by atoms with Gasteiger partial charge < -0.3 is 9.90 Å². The molecule has 0 saturated heterocycles. The molecule has 0 amide bonds. The summed E-state index contributed by atoms with van der Waals surface area (Å²) >= 11 is 0. The molecule has 1 heterocycles. The van der Waals surface area contributed by atoms with Gasteiger partial charge in [-0.2, -0.15) is 10.4 Å². The smallest absolute Gasteiger partial charge is 0.549 e. The quantitative estimate of drug-likeness (QED) is 0.214. The van der Waals surface area contributed by atoms with Gasteiger partial charge in [0.1, 0.15) is 5.82 Å². The van der Waals surface area contributed by atoms with Crippen LogP contribution in [0.1, 0.15) is 17.3 Å². The first kappa shape index (κ1) is 23.3. The second-order valence-corrected chi connectivity index (χ2v) is 5.29. The molecule has 1 N–H and O–H groups in total. The third-order valence-corrected chi connectivity index (χ3v) is 3.65. The number of nitrogens with one attached hydrogen (secondary N) is 1. The summed E-state index contributed by atoms with van der Waals surface area (Å²) in [6.07, 6.45) is 0. The van der Waals surface area contributed by atoms with E-state index in [4.69, 9.17) is 0 Å².